The zero-order chi connectivity index (χ0) is 18.5. The molecular formula is C21H29NO4. The number of carbonyl (C=O) groups excluding carboxylic acids is 1. The van der Waals surface area contributed by atoms with E-state index in [1.54, 1.807) is 0 Å². The molecule has 5 atom stereocenters. The van der Waals surface area contributed by atoms with Gasteiger partial charge in [-0.15, -0.1) is 0 Å². The molecule has 1 N–H and O–H groups in total. The summed E-state index contributed by atoms with van der Waals surface area (Å²) >= 11 is 0. The number of hydrogen-bond donors (Lipinski definition) is 1. The molecule has 5 heteroatoms. The van der Waals surface area contributed by atoms with Gasteiger partial charge in [-0.05, 0) is 74.2 Å². The van der Waals surface area contributed by atoms with E-state index in [0.717, 1.165) is 50.7 Å². The fraction of sp³-hybridized carbons (Fsp3) is 0.762. The van der Waals surface area contributed by atoms with Crippen LogP contribution in [0.25, 0.3) is 0 Å². The molecule has 3 unspecified atom stereocenters. The molecule has 0 heterocycles. The van der Waals surface area contributed by atoms with Crippen LogP contribution in [0.3, 0.4) is 0 Å². The summed E-state index contributed by atoms with van der Waals surface area (Å²) in [6.45, 7) is 4.25. The van der Waals surface area contributed by atoms with Crippen molar-refractivity contribution < 1.29 is 19.5 Å². The van der Waals surface area contributed by atoms with Gasteiger partial charge in [0.25, 0.3) is 0 Å². The number of carboxylic acid groups (broad SMARTS) is 1. The predicted molar refractivity (Wildman–Crippen MR) is 97.7 cm³/mol. The molecule has 0 radical (unpaired) electrons. The first-order valence-electron chi connectivity index (χ1n) is 9.99. The summed E-state index contributed by atoms with van der Waals surface area (Å²) in [4.78, 5) is 28.0. The first kappa shape index (κ1) is 17.7. The summed E-state index contributed by atoms with van der Waals surface area (Å²) in [5, 5.41) is 12.7. The molecule has 142 valence electrons. The van der Waals surface area contributed by atoms with Crippen molar-refractivity contribution in [3.8, 4) is 0 Å². The van der Waals surface area contributed by atoms with Crippen LogP contribution in [0.15, 0.2) is 16.8 Å². The molecule has 0 aliphatic heterocycles. The van der Waals surface area contributed by atoms with Crippen molar-refractivity contribution in [1.82, 2.24) is 0 Å². The second-order valence-electron chi connectivity index (χ2n) is 9.17. The van der Waals surface area contributed by atoms with Crippen LogP contribution in [-0.4, -0.2) is 29.2 Å². The van der Waals surface area contributed by atoms with Gasteiger partial charge in [0.05, 0.1) is 5.71 Å². The highest BCUT2D eigenvalue weighted by atomic mass is 16.6. The number of nitrogens with zero attached hydrogens (tertiary/aromatic N) is 1. The lowest BCUT2D eigenvalue weighted by molar-refractivity contribution is -0.142. The van der Waals surface area contributed by atoms with Crippen LogP contribution < -0.4 is 0 Å². The van der Waals surface area contributed by atoms with Crippen molar-refractivity contribution in [1.29, 1.82) is 0 Å². The summed E-state index contributed by atoms with van der Waals surface area (Å²) in [6, 6.07) is 0. The van der Waals surface area contributed by atoms with E-state index in [0.29, 0.717) is 23.5 Å². The molecule has 5 nitrogen and oxygen atoms in total. The van der Waals surface area contributed by atoms with Crippen molar-refractivity contribution in [3.05, 3.63) is 11.6 Å². The molecule has 0 aromatic rings. The molecule has 4 aliphatic carbocycles. The predicted octanol–water partition coefficient (Wildman–Crippen LogP) is 3.98. The molecule has 0 amide bonds. The Morgan fingerprint density at radius 2 is 1.92 bits per heavy atom. The molecule has 3 fully saturated rings. The molecule has 4 rings (SSSR count). The lowest BCUT2D eigenvalue weighted by Gasteiger charge is -2.57. The minimum Gasteiger partial charge on any atom is -0.479 e. The molecule has 0 saturated heterocycles. The van der Waals surface area contributed by atoms with E-state index < -0.39 is 5.97 Å². The number of oxime groups is 1. The topological polar surface area (TPSA) is 76.0 Å². The number of fused-ring (bicyclic) bond motifs is 5. The van der Waals surface area contributed by atoms with Crippen LogP contribution in [0, 0.1) is 28.6 Å². The summed E-state index contributed by atoms with van der Waals surface area (Å²) < 4.78 is 0. The van der Waals surface area contributed by atoms with E-state index in [4.69, 9.17) is 9.94 Å². The summed E-state index contributed by atoms with van der Waals surface area (Å²) in [5.41, 5.74) is 2.45. The van der Waals surface area contributed by atoms with E-state index in [9.17, 15) is 9.59 Å². The van der Waals surface area contributed by atoms with E-state index in [2.05, 4.69) is 25.1 Å². The molecule has 0 aromatic heterocycles. The Balaban J connectivity index is 1.56. The van der Waals surface area contributed by atoms with Gasteiger partial charge in [0.15, 0.2) is 0 Å². The fourth-order valence-corrected chi connectivity index (χ4v) is 6.58. The van der Waals surface area contributed by atoms with Crippen LogP contribution in [0.1, 0.15) is 65.2 Å². The highest BCUT2D eigenvalue weighted by molar-refractivity contribution is 5.96. The van der Waals surface area contributed by atoms with Gasteiger partial charge in [-0.1, -0.05) is 24.6 Å². The van der Waals surface area contributed by atoms with Crippen LogP contribution in [0.5, 0.6) is 0 Å². The third-order valence-electron chi connectivity index (χ3n) is 8.06. The normalized spacial score (nSPS) is 43.3. The van der Waals surface area contributed by atoms with Gasteiger partial charge in [-0.25, -0.2) is 4.79 Å². The second-order valence-corrected chi connectivity index (χ2v) is 9.17. The number of hydrogen-bond acceptors (Lipinski definition) is 4. The Labute approximate surface area is 154 Å². The highest BCUT2D eigenvalue weighted by Gasteiger charge is 2.58. The summed E-state index contributed by atoms with van der Waals surface area (Å²) in [7, 11) is 0. The van der Waals surface area contributed by atoms with Gasteiger partial charge in [0, 0.05) is 11.8 Å². The van der Waals surface area contributed by atoms with Crippen LogP contribution in [-0.2, 0) is 14.4 Å². The van der Waals surface area contributed by atoms with Gasteiger partial charge in [0.1, 0.15) is 5.78 Å². The maximum absolute atomic E-state index is 12.5. The lowest BCUT2D eigenvalue weighted by atomic mass is 9.47. The standard InChI is InChI=1S/C21H29NO4/c1-20-9-7-14(22-26-12-19(24)25)11-13(20)3-4-15-16-5-6-18(23)21(16,2)10-8-17(15)20/h11,15-17H,3-10,12H2,1-2H3,(H,24,25)/b22-14-/t15?,16?,17?,20-,21-/m0/s1. The first-order chi connectivity index (χ1) is 12.3. The molecule has 26 heavy (non-hydrogen) atoms. The number of aliphatic carboxylic acids is 1. The number of carboxylic acids is 1. The highest BCUT2D eigenvalue weighted by Crippen LogP contribution is 2.64. The van der Waals surface area contributed by atoms with Crippen molar-refractivity contribution in [2.75, 3.05) is 6.61 Å². The number of rotatable bonds is 3. The second kappa shape index (κ2) is 6.21. The van der Waals surface area contributed by atoms with E-state index in [1.165, 1.54) is 12.0 Å². The Morgan fingerprint density at radius 3 is 2.69 bits per heavy atom. The van der Waals surface area contributed by atoms with E-state index >= 15 is 0 Å². The average Bonchev–Trinajstić information content (AvgIpc) is 2.90. The molecule has 0 spiro atoms. The zero-order valence-corrected chi connectivity index (χ0v) is 15.8. The molecule has 0 bridgehead atoms. The van der Waals surface area contributed by atoms with E-state index in [-0.39, 0.29) is 17.4 Å². The van der Waals surface area contributed by atoms with Gasteiger partial charge < -0.3 is 9.94 Å². The minimum absolute atomic E-state index is 0.0648. The van der Waals surface area contributed by atoms with Gasteiger partial charge in [-0.2, -0.15) is 0 Å². The number of Topliss-reactive ketones (excluding diaryl/α,β-unsaturated/α-hetero) is 1. The van der Waals surface area contributed by atoms with Crippen LogP contribution in [0.4, 0.5) is 0 Å². The van der Waals surface area contributed by atoms with Crippen LogP contribution in [0.2, 0.25) is 0 Å². The van der Waals surface area contributed by atoms with Gasteiger partial charge in [0.2, 0.25) is 6.61 Å². The Hall–Kier alpha value is -1.65. The first-order valence-corrected chi connectivity index (χ1v) is 9.99. The quantitative estimate of drug-likeness (QED) is 0.774. The molecular weight excluding hydrogens is 330 g/mol. The Morgan fingerprint density at radius 1 is 1.15 bits per heavy atom. The van der Waals surface area contributed by atoms with Gasteiger partial charge >= 0.3 is 5.97 Å². The third kappa shape index (κ3) is 2.62. The average molecular weight is 359 g/mol. The smallest absolute Gasteiger partial charge is 0.344 e. The number of ketones is 1. The summed E-state index contributed by atoms with van der Waals surface area (Å²) in [6.07, 6.45) is 10.3. The number of carbonyl (C=O) groups is 2. The number of allylic oxidation sites excluding steroid dienone is 2. The Kier molecular flexibility index (Phi) is 4.24. The molecule has 3 saturated carbocycles. The Bertz CT molecular complexity index is 696. The van der Waals surface area contributed by atoms with Crippen molar-refractivity contribution in [3.63, 3.8) is 0 Å². The van der Waals surface area contributed by atoms with E-state index in [1.807, 2.05) is 0 Å². The SMILES string of the molecule is C[C@]12CC/C(=N/OCC(=O)O)C=C1CCC1C2CC[C@]2(C)C(=O)CCC12. The molecule has 0 aromatic carbocycles. The lowest BCUT2D eigenvalue weighted by Crippen LogP contribution is -2.50. The molecule has 4 aliphatic rings. The van der Waals surface area contributed by atoms with Crippen LogP contribution >= 0.6 is 0 Å². The van der Waals surface area contributed by atoms with Crippen molar-refractivity contribution >= 4 is 17.5 Å². The monoisotopic (exact) mass is 359 g/mol. The zero-order valence-electron chi connectivity index (χ0n) is 15.8. The van der Waals surface area contributed by atoms with Crippen molar-refractivity contribution in [2.45, 2.75) is 65.2 Å². The van der Waals surface area contributed by atoms with Crippen molar-refractivity contribution in [2.24, 2.45) is 33.7 Å². The van der Waals surface area contributed by atoms with Gasteiger partial charge in [-0.3, -0.25) is 4.79 Å². The third-order valence-corrected chi connectivity index (χ3v) is 8.06. The minimum atomic E-state index is -1.00. The maximum Gasteiger partial charge on any atom is 0.344 e. The fourth-order valence-electron chi connectivity index (χ4n) is 6.58. The summed E-state index contributed by atoms with van der Waals surface area (Å²) in [5.74, 6) is 1.40. The largest absolute Gasteiger partial charge is 0.479 e. The maximum atomic E-state index is 12.5.